The molecular weight excluding hydrogens is 394 g/mol. The number of rotatable bonds is 9. The number of hydrogen-bond acceptors (Lipinski definition) is 5. The average Bonchev–Trinajstić information content (AvgIpc) is 2.72. The summed E-state index contributed by atoms with van der Waals surface area (Å²) in [6.07, 6.45) is 2.21. The lowest BCUT2D eigenvalue weighted by atomic mass is 10.2. The Morgan fingerprint density at radius 3 is 2.55 bits per heavy atom. The van der Waals surface area contributed by atoms with Crippen molar-refractivity contribution in [3.63, 3.8) is 0 Å². The number of halogens is 1. The molecule has 154 valence electrons. The van der Waals surface area contributed by atoms with E-state index in [1.165, 1.54) is 6.21 Å². The number of benzene rings is 2. The lowest BCUT2D eigenvalue weighted by Crippen LogP contribution is -2.37. The molecule has 8 heteroatoms. The highest BCUT2D eigenvalue weighted by Crippen LogP contribution is 2.36. The van der Waals surface area contributed by atoms with Crippen molar-refractivity contribution in [1.29, 1.82) is 0 Å². The van der Waals surface area contributed by atoms with Gasteiger partial charge in [-0.1, -0.05) is 48.9 Å². The van der Waals surface area contributed by atoms with Crippen molar-refractivity contribution in [2.24, 2.45) is 5.10 Å². The van der Waals surface area contributed by atoms with Gasteiger partial charge in [-0.05, 0) is 36.6 Å². The maximum atomic E-state index is 11.9. The van der Waals surface area contributed by atoms with E-state index in [1.807, 2.05) is 44.2 Å². The van der Waals surface area contributed by atoms with Crippen molar-refractivity contribution in [2.75, 3.05) is 13.2 Å². The number of carbonyl (C=O) groups is 2. The van der Waals surface area contributed by atoms with E-state index in [4.69, 9.17) is 21.1 Å². The van der Waals surface area contributed by atoms with Crippen molar-refractivity contribution >= 4 is 29.6 Å². The number of carbonyl (C=O) groups excluding carboxylic acids is 2. The minimum absolute atomic E-state index is 0.253. The number of nitrogens with zero attached hydrogens (tertiary/aromatic N) is 1. The van der Waals surface area contributed by atoms with Gasteiger partial charge in [0.2, 0.25) is 0 Å². The standard InChI is InChI=1S/C21H24ClN3O4/c1-3-10-29-19-17(22)11-16(12-18(19)28-4-2)14-24-25-21(27)20(26)23-13-15-8-6-5-7-9-15/h5-9,11-12,14H,3-4,10,13H2,1-2H3,(H,23,26)(H,25,27)/b24-14-. The van der Waals surface area contributed by atoms with Crippen LogP contribution in [0.4, 0.5) is 0 Å². The highest BCUT2D eigenvalue weighted by molar-refractivity contribution is 6.35. The van der Waals surface area contributed by atoms with Gasteiger partial charge in [-0.15, -0.1) is 0 Å². The molecule has 0 bridgehead atoms. The van der Waals surface area contributed by atoms with Crippen molar-refractivity contribution in [3.8, 4) is 11.5 Å². The highest BCUT2D eigenvalue weighted by Gasteiger charge is 2.13. The van der Waals surface area contributed by atoms with Crippen molar-refractivity contribution in [3.05, 3.63) is 58.6 Å². The number of nitrogens with one attached hydrogen (secondary N) is 2. The third-order valence-corrected chi connectivity index (χ3v) is 3.94. The molecule has 0 unspecified atom stereocenters. The van der Waals surface area contributed by atoms with E-state index in [9.17, 15) is 9.59 Å². The quantitative estimate of drug-likeness (QED) is 0.372. The molecule has 2 rings (SSSR count). The van der Waals surface area contributed by atoms with Crippen LogP contribution in [0.25, 0.3) is 0 Å². The number of hydrazone groups is 1. The summed E-state index contributed by atoms with van der Waals surface area (Å²) in [6.45, 7) is 5.06. The van der Waals surface area contributed by atoms with Gasteiger partial charge in [0, 0.05) is 6.54 Å². The molecule has 2 N–H and O–H groups in total. The van der Waals surface area contributed by atoms with E-state index in [1.54, 1.807) is 12.1 Å². The Hall–Kier alpha value is -3.06. The summed E-state index contributed by atoms with van der Waals surface area (Å²) in [5, 5.41) is 6.71. The van der Waals surface area contributed by atoms with E-state index in [0.29, 0.717) is 35.3 Å². The molecule has 0 saturated heterocycles. The van der Waals surface area contributed by atoms with Gasteiger partial charge in [-0.3, -0.25) is 9.59 Å². The first-order valence-corrected chi connectivity index (χ1v) is 9.67. The zero-order chi connectivity index (χ0) is 21.1. The van der Waals surface area contributed by atoms with Gasteiger partial charge >= 0.3 is 11.8 Å². The van der Waals surface area contributed by atoms with Gasteiger partial charge in [-0.25, -0.2) is 5.43 Å². The minimum Gasteiger partial charge on any atom is -0.490 e. The molecule has 0 heterocycles. The Balaban J connectivity index is 1.96. The Labute approximate surface area is 175 Å². The van der Waals surface area contributed by atoms with Crippen LogP contribution in [-0.2, 0) is 16.1 Å². The minimum atomic E-state index is -0.865. The van der Waals surface area contributed by atoms with Crippen LogP contribution in [0.2, 0.25) is 5.02 Å². The van der Waals surface area contributed by atoms with Crippen LogP contribution < -0.4 is 20.2 Å². The number of hydrogen-bond donors (Lipinski definition) is 2. The van der Waals surface area contributed by atoms with Crippen molar-refractivity contribution in [2.45, 2.75) is 26.8 Å². The molecule has 0 fully saturated rings. The number of ether oxygens (including phenoxy) is 2. The molecule has 0 radical (unpaired) electrons. The summed E-state index contributed by atoms with van der Waals surface area (Å²) in [7, 11) is 0. The van der Waals surface area contributed by atoms with Crippen molar-refractivity contribution < 1.29 is 19.1 Å². The lowest BCUT2D eigenvalue weighted by Gasteiger charge is -2.13. The Morgan fingerprint density at radius 2 is 1.86 bits per heavy atom. The van der Waals surface area contributed by atoms with Gasteiger partial charge in [0.1, 0.15) is 0 Å². The average molecular weight is 418 g/mol. The summed E-state index contributed by atoms with van der Waals surface area (Å²) in [5.41, 5.74) is 3.67. The lowest BCUT2D eigenvalue weighted by molar-refractivity contribution is -0.139. The van der Waals surface area contributed by atoms with E-state index >= 15 is 0 Å². The predicted octanol–water partition coefficient (Wildman–Crippen LogP) is 3.29. The highest BCUT2D eigenvalue weighted by atomic mass is 35.5. The topological polar surface area (TPSA) is 89.0 Å². The molecule has 2 amide bonds. The second kappa shape index (κ2) is 11.7. The van der Waals surface area contributed by atoms with Gasteiger partial charge < -0.3 is 14.8 Å². The van der Waals surface area contributed by atoms with Gasteiger partial charge in [0.05, 0.1) is 24.5 Å². The van der Waals surface area contributed by atoms with E-state index in [0.717, 1.165) is 12.0 Å². The maximum absolute atomic E-state index is 11.9. The molecule has 0 aliphatic carbocycles. The fraction of sp³-hybridized carbons (Fsp3) is 0.286. The molecule has 2 aromatic rings. The van der Waals surface area contributed by atoms with Crippen LogP contribution in [0.3, 0.4) is 0 Å². The monoisotopic (exact) mass is 417 g/mol. The first kappa shape index (κ1) is 22.2. The molecule has 2 aromatic carbocycles. The Bertz CT molecular complexity index is 857. The van der Waals surface area contributed by atoms with Crippen LogP contribution >= 0.6 is 11.6 Å². The van der Waals surface area contributed by atoms with Crippen LogP contribution in [0.15, 0.2) is 47.6 Å². The molecule has 0 aliphatic heterocycles. The normalized spacial score (nSPS) is 10.6. The van der Waals surface area contributed by atoms with Crippen molar-refractivity contribution in [1.82, 2.24) is 10.7 Å². The third kappa shape index (κ3) is 7.12. The summed E-state index contributed by atoms with van der Waals surface area (Å²) >= 11 is 6.28. The van der Waals surface area contributed by atoms with Gasteiger partial charge in [-0.2, -0.15) is 5.10 Å². The molecular formula is C21H24ClN3O4. The molecule has 0 atom stereocenters. The number of amides is 2. The summed E-state index contributed by atoms with van der Waals surface area (Å²) in [4.78, 5) is 23.7. The van der Waals surface area contributed by atoms with Gasteiger partial charge in [0.25, 0.3) is 0 Å². The van der Waals surface area contributed by atoms with Crippen LogP contribution in [0.1, 0.15) is 31.4 Å². The molecule has 0 aromatic heterocycles. The predicted molar refractivity (Wildman–Crippen MR) is 112 cm³/mol. The second-order valence-corrected chi connectivity index (χ2v) is 6.39. The largest absolute Gasteiger partial charge is 0.490 e. The molecule has 29 heavy (non-hydrogen) atoms. The summed E-state index contributed by atoms with van der Waals surface area (Å²) < 4.78 is 11.2. The van der Waals surface area contributed by atoms with E-state index in [2.05, 4.69) is 15.8 Å². The fourth-order valence-electron chi connectivity index (χ4n) is 2.34. The maximum Gasteiger partial charge on any atom is 0.329 e. The fourth-order valence-corrected chi connectivity index (χ4v) is 2.62. The molecule has 0 saturated carbocycles. The summed E-state index contributed by atoms with van der Waals surface area (Å²) in [6, 6.07) is 12.6. The smallest absolute Gasteiger partial charge is 0.329 e. The zero-order valence-electron chi connectivity index (χ0n) is 16.4. The first-order valence-electron chi connectivity index (χ1n) is 9.29. The van der Waals surface area contributed by atoms with Crippen LogP contribution in [0.5, 0.6) is 11.5 Å². The Morgan fingerprint density at radius 1 is 1.10 bits per heavy atom. The van der Waals surface area contributed by atoms with E-state index in [-0.39, 0.29) is 6.54 Å². The molecule has 7 nitrogen and oxygen atoms in total. The Kier molecular flexibility index (Phi) is 8.98. The molecule has 0 spiro atoms. The van der Waals surface area contributed by atoms with Crippen LogP contribution in [-0.4, -0.2) is 31.2 Å². The molecule has 0 aliphatic rings. The zero-order valence-corrected chi connectivity index (χ0v) is 17.2. The first-order chi connectivity index (χ1) is 14.0. The second-order valence-electron chi connectivity index (χ2n) is 5.98. The van der Waals surface area contributed by atoms with Gasteiger partial charge in [0.15, 0.2) is 11.5 Å². The SMILES string of the molecule is CCCOc1c(Cl)cc(/C=N\NC(=O)C(=O)NCc2ccccc2)cc1OCC. The van der Waals surface area contributed by atoms with Crippen LogP contribution in [0, 0.1) is 0 Å². The van der Waals surface area contributed by atoms with E-state index < -0.39 is 11.8 Å². The third-order valence-electron chi connectivity index (χ3n) is 3.66. The summed E-state index contributed by atoms with van der Waals surface area (Å²) in [5.74, 6) is -0.683.